The Kier molecular flexibility index (Phi) is 7.45. The summed E-state index contributed by atoms with van der Waals surface area (Å²) in [5, 5.41) is 10.3. The number of halogens is 1. The van der Waals surface area contributed by atoms with E-state index in [1.165, 1.54) is 17.4 Å². The smallest absolute Gasteiger partial charge is 0.294 e. The van der Waals surface area contributed by atoms with E-state index in [1.807, 2.05) is 6.26 Å². The maximum absolute atomic E-state index is 14.9. The van der Waals surface area contributed by atoms with E-state index < -0.39 is 12.0 Å². The van der Waals surface area contributed by atoms with Crippen LogP contribution in [-0.2, 0) is 9.53 Å². The highest BCUT2D eigenvalue weighted by Crippen LogP contribution is 2.40. The predicted octanol–water partition coefficient (Wildman–Crippen LogP) is 3.04. The third-order valence-corrected chi connectivity index (χ3v) is 8.50. The lowest BCUT2D eigenvalue weighted by Crippen LogP contribution is -2.64. The average Bonchev–Trinajstić information content (AvgIpc) is 3.54. The lowest BCUT2D eigenvalue weighted by atomic mass is 9.78. The lowest BCUT2D eigenvalue weighted by molar-refractivity contribution is -0.155. The molecule has 196 valence electrons. The third-order valence-electron chi connectivity index (χ3n) is 6.84. The fourth-order valence-corrected chi connectivity index (χ4v) is 5.83. The molecule has 3 N–H and O–H groups in total. The first kappa shape index (κ1) is 25.6. The van der Waals surface area contributed by atoms with Gasteiger partial charge in [-0.05, 0) is 24.7 Å². The largest absolute Gasteiger partial charge is 0.448 e. The van der Waals surface area contributed by atoms with Crippen LogP contribution in [0.25, 0.3) is 10.2 Å². The summed E-state index contributed by atoms with van der Waals surface area (Å²) in [6, 6.07) is 2.90. The lowest BCUT2D eigenvalue weighted by Gasteiger charge is -2.45. The molecule has 1 aromatic carbocycles. The number of anilines is 2. The molecule has 2 saturated heterocycles. The molecule has 0 saturated carbocycles. The molecule has 0 radical (unpaired) electrons. The number of benzene rings is 1. The van der Waals surface area contributed by atoms with Crippen molar-refractivity contribution >= 4 is 56.8 Å². The Morgan fingerprint density at radius 2 is 2.16 bits per heavy atom. The van der Waals surface area contributed by atoms with Gasteiger partial charge in [0.1, 0.15) is 5.82 Å². The zero-order valence-electron chi connectivity index (χ0n) is 20.5. The zero-order valence-corrected chi connectivity index (χ0v) is 22.1. The number of ether oxygens (including phenoxy) is 1. The van der Waals surface area contributed by atoms with Crippen molar-refractivity contribution < 1.29 is 18.7 Å². The van der Waals surface area contributed by atoms with Crippen molar-refractivity contribution in [1.82, 2.24) is 25.2 Å². The Balaban J connectivity index is 1.19. The van der Waals surface area contributed by atoms with Crippen LogP contribution in [0.15, 0.2) is 29.4 Å². The molecule has 13 heteroatoms. The molecule has 2 fully saturated rings. The summed E-state index contributed by atoms with van der Waals surface area (Å²) in [5.41, 5.74) is 0.245. The highest BCUT2D eigenvalue weighted by molar-refractivity contribution is 7.98. The van der Waals surface area contributed by atoms with Gasteiger partial charge in [-0.25, -0.2) is 19.3 Å². The first-order valence-electron chi connectivity index (χ1n) is 12.0. The molecular weight excluding hydrogens is 517 g/mol. The number of carbonyl (C=O) groups is 2. The molecule has 2 unspecified atom stereocenters. The summed E-state index contributed by atoms with van der Waals surface area (Å²) in [7, 11) is 0. The summed E-state index contributed by atoms with van der Waals surface area (Å²) >= 11 is 2.98. The van der Waals surface area contributed by atoms with Gasteiger partial charge in [0.2, 0.25) is 5.95 Å². The Bertz CT molecular complexity index is 1290. The normalized spacial score (nSPS) is 21.6. The van der Waals surface area contributed by atoms with Crippen molar-refractivity contribution in [2.75, 3.05) is 49.6 Å². The Morgan fingerprint density at radius 3 is 2.86 bits per heavy atom. The van der Waals surface area contributed by atoms with Crippen LogP contribution in [0.2, 0.25) is 0 Å². The van der Waals surface area contributed by atoms with Crippen molar-refractivity contribution in [3.05, 3.63) is 35.9 Å². The number of nitrogens with zero attached hydrogens (tertiary/aromatic N) is 4. The highest BCUT2D eigenvalue weighted by Gasteiger charge is 2.53. The van der Waals surface area contributed by atoms with Gasteiger partial charge in [-0.2, -0.15) is 0 Å². The van der Waals surface area contributed by atoms with Crippen molar-refractivity contribution in [3.8, 4) is 0 Å². The Labute approximate surface area is 221 Å². The minimum Gasteiger partial charge on any atom is -0.448 e. The maximum atomic E-state index is 14.9. The molecule has 0 bridgehead atoms. The number of fused-ring (bicyclic) bond motifs is 1. The van der Waals surface area contributed by atoms with Crippen molar-refractivity contribution in [3.63, 3.8) is 0 Å². The molecule has 2 aliphatic rings. The van der Waals surface area contributed by atoms with Crippen LogP contribution in [0.5, 0.6) is 0 Å². The van der Waals surface area contributed by atoms with E-state index in [2.05, 4.69) is 37.8 Å². The molecule has 1 spiro atoms. The van der Waals surface area contributed by atoms with Gasteiger partial charge >= 0.3 is 0 Å². The number of hydrogen-bond donors (Lipinski definition) is 3. The van der Waals surface area contributed by atoms with E-state index in [4.69, 9.17) is 4.74 Å². The number of thiazole rings is 1. The van der Waals surface area contributed by atoms with Crippen molar-refractivity contribution in [1.29, 1.82) is 0 Å². The van der Waals surface area contributed by atoms with E-state index in [-0.39, 0.29) is 22.8 Å². The molecule has 0 aliphatic carbocycles. The van der Waals surface area contributed by atoms with Crippen molar-refractivity contribution in [2.45, 2.75) is 24.5 Å². The molecule has 37 heavy (non-hydrogen) atoms. The van der Waals surface area contributed by atoms with Crippen LogP contribution in [0, 0.1) is 17.2 Å². The van der Waals surface area contributed by atoms with Gasteiger partial charge in [-0.3, -0.25) is 14.9 Å². The van der Waals surface area contributed by atoms with Crippen molar-refractivity contribution in [2.24, 2.45) is 11.3 Å². The monoisotopic (exact) mass is 545 g/mol. The number of nitrogens with one attached hydrogen (secondary N) is 3. The third kappa shape index (κ3) is 5.34. The second-order valence-corrected chi connectivity index (χ2v) is 11.4. The minimum atomic E-state index is -0.590. The predicted molar refractivity (Wildman–Crippen MR) is 141 cm³/mol. The van der Waals surface area contributed by atoms with Gasteiger partial charge < -0.3 is 20.3 Å². The van der Waals surface area contributed by atoms with Gasteiger partial charge in [0.25, 0.3) is 12.4 Å². The standard InChI is InChI=1S/C24H28FN7O3S2/c1-14(7-26-22-27-9-15(36-2)10-28-22)8-29-23-31-18-6-17(25)16(5-19(18)37-23)20(34)32-4-3-24(12-32)11-30-21(24)35-13-33/h5-6,9-10,13-14,21,30H,3-4,7-8,11-12H2,1-2H3,(H,29,31)(H,26,27,28)/t14-,21?,24?/m0/s1. The number of amides is 1. The molecule has 10 nitrogen and oxygen atoms in total. The molecular formula is C24H28FN7O3S2. The SMILES string of the molecule is CSc1cnc(NC[C@H](C)CNc2nc3cc(F)c(C(=O)N4CCC5(CNC5OC=O)C4)cc3s2)nc1. The number of carbonyl (C=O) groups excluding carboxylic acids is 2. The van der Waals surface area contributed by atoms with E-state index in [9.17, 15) is 14.0 Å². The molecule has 1 amide bonds. The number of rotatable bonds is 10. The summed E-state index contributed by atoms with van der Waals surface area (Å²) in [5.74, 6) is -0.113. The summed E-state index contributed by atoms with van der Waals surface area (Å²) in [6.07, 6.45) is 5.84. The average molecular weight is 546 g/mol. The van der Waals surface area contributed by atoms with Gasteiger partial charge in [-0.15, -0.1) is 11.8 Å². The summed E-state index contributed by atoms with van der Waals surface area (Å²) < 4.78 is 20.8. The van der Waals surface area contributed by atoms with E-state index in [0.717, 1.165) is 9.60 Å². The molecule has 3 atom stereocenters. The first-order chi connectivity index (χ1) is 17.9. The molecule has 2 aliphatic heterocycles. The van der Waals surface area contributed by atoms with Crippen LogP contribution < -0.4 is 16.0 Å². The second-order valence-electron chi connectivity index (χ2n) is 9.46. The minimum absolute atomic E-state index is 0.0324. The van der Waals surface area contributed by atoms with Gasteiger partial charge in [0.15, 0.2) is 11.4 Å². The number of thioether (sulfide) groups is 1. The van der Waals surface area contributed by atoms with Crippen LogP contribution in [0.4, 0.5) is 15.5 Å². The van der Waals surface area contributed by atoms with Gasteiger partial charge in [0, 0.05) is 56.1 Å². The molecule has 5 rings (SSSR count). The maximum Gasteiger partial charge on any atom is 0.294 e. The van der Waals surface area contributed by atoms with E-state index in [0.29, 0.717) is 62.2 Å². The number of aromatic nitrogens is 3. The van der Waals surface area contributed by atoms with Gasteiger partial charge in [0.05, 0.1) is 21.2 Å². The Morgan fingerprint density at radius 1 is 1.38 bits per heavy atom. The molecule has 3 aromatic rings. The fourth-order valence-electron chi connectivity index (χ4n) is 4.62. The molecule has 2 aromatic heterocycles. The van der Waals surface area contributed by atoms with Crippen LogP contribution in [0.3, 0.4) is 0 Å². The highest BCUT2D eigenvalue weighted by atomic mass is 32.2. The Hall–Kier alpha value is -3.03. The zero-order chi connectivity index (χ0) is 26.0. The topological polar surface area (TPSA) is 121 Å². The van der Waals surface area contributed by atoms with E-state index >= 15 is 0 Å². The van der Waals surface area contributed by atoms with Gasteiger partial charge in [-0.1, -0.05) is 18.3 Å². The van der Waals surface area contributed by atoms with Crippen LogP contribution in [0.1, 0.15) is 23.7 Å². The van der Waals surface area contributed by atoms with Crippen LogP contribution >= 0.6 is 23.1 Å². The summed E-state index contributed by atoms with van der Waals surface area (Å²) in [4.78, 5) is 39.6. The molecule has 4 heterocycles. The quantitative estimate of drug-likeness (QED) is 0.259. The van der Waals surface area contributed by atoms with Crippen LogP contribution in [-0.4, -0.2) is 77.4 Å². The fraction of sp³-hybridized carbons (Fsp3) is 0.458. The van der Waals surface area contributed by atoms with E-state index in [1.54, 1.807) is 35.1 Å². The first-order valence-corrected chi connectivity index (χ1v) is 14.0. The second kappa shape index (κ2) is 10.8. The summed E-state index contributed by atoms with van der Waals surface area (Å²) in [6.45, 7) is 5.40. The number of hydrogen-bond acceptors (Lipinski definition) is 11. The number of likely N-dealkylation sites (tertiary alicyclic amines) is 1.